The van der Waals surface area contributed by atoms with Crippen LogP contribution in [0.4, 0.5) is 0 Å². The maximum atomic E-state index is 13.0. The molecule has 3 heterocycles. The predicted octanol–water partition coefficient (Wildman–Crippen LogP) is 1.89. The molecule has 1 N–H and O–H groups in total. The molecule has 0 bridgehead atoms. The molecule has 2 aromatic rings. The number of pyridine rings is 1. The molecule has 2 aromatic heterocycles. The molecule has 1 saturated heterocycles. The van der Waals surface area contributed by atoms with E-state index in [4.69, 9.17) is 4.74 Å². The van der Waals surface area contributed by atoms with Crippen LogP contribution in [0.25, 0.3) is 5.65 Å². The molecule has 0 saturated carbocycles. The van der Waals surface area contributed by atoms with Crippen molar-refractivity contribution in [1.29, 1.82) is 0 Å². The Morgan fingerprint density at radius 3 is 3.09 bits per heavy atom. The molecule has 1 aliphatic rings. The van der Waals surface area contributed by atoms with Crippen molar-refractivity contribution in [2.75, 3.05) is 26.3 Å². The lowest BCUT2D eigenvalue weighted by atomic mass is 9.99. The predicted molar refractivity (Wildman–Crippen MR) is 86.8 cm³/mol. The SMILES string of the molecule is CCOc1cccn2c(C(=O)N3CCCC(CO)C3)c(C)nc12. The Labute approximate surface area is 135 Å². The molecule has 0 aromatic carbocycles. The standard InChI is InChI=1S/C17H23N3O3/c1-3-23-14-7-5-9-20-15(12(2)18-16(14)20)17(22)19-8-4-6-13(10-19)11-21/h5,7,9,13,21H,3-4,6,8,10-11H2,1-2H3. The highest BCUT2D eigenvalue weighted by molar-refractivity contribution is 5.95. The normalized spacial score (nSPS) is 18.4. The molecule has 1 fully saturated rings. The third-order valence-corrected chi connectivity index (χ3v) is 4.36. The van der Waals surface area contributed by atoms with Gasteiger partial charge in [0.2, 0.25) is 0 Å². The molecule has 1 aliphatic heterocycles. The summed E-state index contributed by atoms with van der Waals surface area (Å²) in [5.41, 5.74) is 1.96. The van der Waals surface area contributed by atoms with Crippen LogP contribution in [0.1, 0.15) is 35.9 Å². The number of hydrogen-bond donors (Lipinski definition) is 1. The Kier molecular flexibility index (Phi) is 4.52. The van der Waals surface area contributed by atoms with E-state index in [1.807, 2.05) is 41.5 Å². The molecule has 6 heteroatoms. The molecule has 0 spiro atoms. The van der Waals surface area contributed by atoms with Crippen LogP contribution in [0.5, 0.6) is 5.75 Å². The summed E-state index contributed by atoms with van der Waals surface area (Å²) in [5, 5.41) is 9.37. The number of ether oxygens (including phenoxy) is 1. The van der Waals surface area contributed by atoms with Gasteiger partial charge >= 0.3 is 0 Å². The Morgan fingerprint density at radius 2 is 2.35 bits per heavy atom. The van der Waals surface area contributed by atoms with Crippen molar-refractivity contribution in [3.05, 3.63) is 29.7 Å². The molecule has 124 valence electrons. The zero-order valence-electron chi connectivity index (χ0n) is 13.7. The molecule has 6 nitrogen and oxygen atoms in total. The fraction of sp³-hybridized carbons (Fsp3) is 0.529. The highest BCUT2D eigenvalue weighted by atomic mass is 16.5. The van der Waals surface area contributed by atoms with Crippen molar-refractivity contribution in [3.8, 4) is 5.75 Å². The Morgan fingerprint density at radius 1 is 1.52 bits per heavy atom. The van der Waals surface area contributed by atoms with Crippen LogP contribution in [0.2, 0.25) is 0 Å². The van der Waals surface area contributed by atoms with Gasteiger partial charge < -0.3 is 14.7 Å². The number of hydrogen-bond acceptors (Lipinski definition) is 4. The molecule has 0 aliphatic carbocycles. The number of aliphatic hydroxyl groups is 1. The maximum Gasteiger partial charge on any atom is 0.272 e. The van der Waals surface area contributed by atoms with Gasteiger partial charge in [0.05, 0.1) is 12.3 Å². The van der Waals surface area contributed by atoms with Gasteiger partial charge in [-0.1, -0.05) is 0 Å². The first-order valence-corrected chi connectivity index (χ1v) is 8.16. The number of piperidine rings is 1. The fourth-order valence-electron chi connectivity index (χ4n) is 3.23. The smallest absolute Gasteiger partial charge is 0.272 e. The summed E-state index contributed by atoms with van der Waals surface area (Å²) in [6.45, 7) is 5.79. The number of fused-ring (bicyclic) bond motifs is 1. The average molecular weight is 317 g/mol. The third kappa shape index (κ3) is 2.91. The van der Waals surface area contributed by atoms with E-state index >= 15 is 0 Å². The third-order valence-electron chi connectivity index (χ3n) is 4.36. The van der Waals surface area contributed by atoms with E-state index in [1.165, 1.54) is 0 Å². The van der Waals surface area contributed by atoms with Gasteiger partial charge in [-0.2, -0.15) is 0 Å². The van der Waals surface area contributed by atoms with Gasteiger partial charge in [0, 0.05) is 25.9 Å². The quantitative estimate of drug-likeness (QED) is 0.935. The molecule has 0 radical (unpaired) electrons. The number of carbonyl (C=O) groups is 1. The summed E-state index contributed by atoms with van der Waals surface area (Å²) in [7, 11) is 0. The molecule has 1 atom stereocenters. The first-order chi connectivity index (χ1) is 11.2. The lowest BCUT2D eigenvalue weighted by Crippen LogP contribution is -2.41. The fourth-order valence-corrected chi connectivity index (χ4v) is 3.23. The van der Waals surface area contributed by atoms with E-state index in [-0.39, 0.29) is 18.4 Å². The topological polar surface area (TPSA) is 67.1 Å². The van der Waals surface area contributed by atoms with E-state index < -0.39 is 0 Å². The summed E-state index contributed by atoms with van der Waals surface area (Å²) >= 11 is 0. The Hall–Kier alpha value is -2.08. The molecule has 3 rings (SSSR count). The van der Waals surface area contributed by atoms with E-state index in [0.717, 1.165) is 19.4 Å². The van der Waals surface area contributed by atoms with Crippen LogP contribution in [0, 0.1) is 12.8 Å². The number of imidazole rings is 1. The monoisotopic (exact) mass is 317 g/mol. The van der Waals surface area contributed by atoms with Crippen molar-refractivity contribution in [1.82, 2.24) is 14.3 Å². The van der Waals surface area contributed by atoms with Crippen molar-refractivity contribution in [2.24, 2.45) is 5.92 Å². The number of aliphatic hydroxyl groups excluding tert-OH is 1. The molecule has 1 amide bonds. The van der Waals surface area contributed by atoms with Crippen molar-refractivity contribution < 1.29 is 14.6 Å². The van der Waals surface area contributed by atoms with Gasteiger partial charge in [0.15, 0.2) is 11.4 Å². The van der Waals surface area contributed by atoms with Gasteiger partial charge in [-0.25, -0.2) is 4.98 Å². The van der Waals surface area contributed by atoms with Gasteiger partial charge in [-0.15, -0.1) is 0 Å². The van der Waals surface area contributed by atoms with Gasteiger partial charge in [-0.3, -0.25) is 9.20 Å². The lowest BCUT2D eigenvalue weighted by molar-refractivity contribution is 0.0613. The average Bonchev–Trinajstić information content (AvgIpc) is 2.91. The molecular formula is C17H23N3O3. The summed E-state index contributed by atoms with van der Waals surface area (Å²) in [6.07, 6.45) is 3.75. The van der Waals surface area contributed by atoms with E-state index in [1.54, 1.807) is 0 Å². The van der Waals surface area contributed by atoms with Crippen LogP contribution < -0.4 is 4.74 Å². The number of carbonyl (C=O) groups excluding carboxylic acids is 1. The number of rotatable bonds is 4. The van der Waals surface area contributed by atoms with Crippen LogP contribution >= 0.6 is 0 Å². The highest BCUT2D eigenvalue weighted by Gasteiger charge is 2.28. The van der Waals surface area contributed by atoms with Gasteiger partial charge in [0.25, 0.3) is 5.91 Å². The second kappa shape index (κ2) is 6.58. The second-order valence-electron chi connectivity index (χ2n) is 5.99. The largest absolute Gasteiger partial charge is 0.490 e. The summed E-state index contributed by atoms with van der Waals surface area (Å²) < 4.78 is 7.42. The zero-order valence-corrected chi connectivity index (χ0v) is 13.7. The second-order valence-corrected chi connectivity index (χ2v) is 5.99. The van der Waals surface area contributed by atoms with Crippen LogP contribution in [0.3, 0.4) is 0 Å². The minimum absolute atomic E-state index is 0.0261. The maximum absolute atomic E-state index is 13.0. The van der Waals surface area contributed by atoms with Crippen molar-refractivity contribution in [2.45, 2.75) is 26.7 Å². The van der Waals surface area contributed by atoms with Gasteiger partial charge in [0.1, 0.15) is 5.69 Å². The van der Waals surface area contributed by atoms with Gasteiger partial charge in [-0.05, 0) is 44.7 Å². The van der Waals surface area contributed by atoms with Crippen molar-refractivity contribution >= 4 is 11.6 Å². The Bertz CT molecular complexity index is 710. The first kappa shape index (κ1) is 15.8. The van der Waals surface area contributed by atoms with Crippen LogP contribution in [0.15, 0.2) is 18.3 Å². The minimum atomic E-state index is -0.0261. The lowest BCUT2D eigenvalue weighted by Gasteiger charge is -2.31. The molecule has 23 heavy (non-hydrogen) atoms. The highest BCUT2D eigenvalue weighted by Crippen LogP contribution is 2.24. The number of amides is 1. The first-order valence-electron chi connectivity index (χ1n) is 8.16. The van der Waals surface area contributed by atoms with Crippen LogP contribution in [-0.4, -0.2) is 51.6 Å². The number of likely N-dealkylation sites (tertiary alicyclic amines) is 1. The minimum Gasteiger partial charge on any atom is -0.490 e. The number of aromatic nitrogens is 2. The summed E-state index contributed by atoms with van der Waals surface area (Å²) in [4.78, 5) is 19.3. The number of aryl methyl sites for hydroxylation is 1. The summed E-state index contributed by atoms with van der Waals surface area (Å²) in [5.74, 6) is 0.831. The molecular weight excluding hydrogens is 294 g/mol. The Balaban J connectivity index is 1.97. The van der Waals surface area contributed by atoms with E-state index in [2.05, 4.69) is 4.98 Å². The van der Waals surface area contributed by atoms with E-state index in [0.29, 0.717) is 35.9 Å². The number of nitrogens with zero attached hydrogens (tertiary/aromatic N) is 3. The van der Waals surface area contributed by atoms with Crippen molar-refractivity contribution in [3.63, 3.8) is 0 Å². The summed E-state index contributed by atoms with van der Waals surface area (Å²) in [6, 6.07) is 3.73. The zero-order chi connectivity index (χ0) is 16.4. The van der Waals surface area contributed by atoms with E-state index in [9.17, 15) is 9.90 Å². The van der Waals surface area contributed by atoms with Crippen LogP contribution in [-0.2, 0) is 0 Å². The molecule has 1 unspecified atom stereocenters.